The van der Waals surface area contributed by atoms with Crippen LogP contribution in [-0.2, 0) is 21.7 Å². The number of benzene rings is 3. The van der Waals surface area contributed by atoms with Gasteiger partial charge in [0.25, 0.3) is 0 Å². The van der Waals surface area contributed by atoms with Crippen molar-refractivity contribution in [1.29, 1.82) is 0 Å². The number of carboxylic acids is 1. The third-order valence-corrected chi connectivity index (χ3v) is 9.42. The molecule has 7 heteroatoms. The maximum absolute atomic E-state index is 12.7. The van der Waals surface area contributed by atoms with E-state index in [1.165, 1.54) is 34.0 Å². The summed E-state index contributed by atoms with van der Waals surface area (Å²) in [4.78, 5) is 24.7. The highest BCUT2D eigenvalue weighted by Crippen LogP contribution is 2.45. The molecule has 0 spiro atoms. The first-order valence-electron chi connectivity index (χ1n) is 13.8. The van der Waals surface area contributed by atoms with Crippen molar-refractivity contribution in [2.24, 2.45) is 0 Å². The van der Waals surface area contributed by atoms with Crippen LogP contribution in [-0.4, -0.2) is 41.2 Å². The van der Waals surface area contributed by atoms with Crippen LogP contribution in [0.5, 0.6) is 5.75 Å². The Morgan fingerprint density at radius 3 is 2.27 bits per heavy atom. The summed E-state index contributed by atoms with van der Waals surface area (Å²) < 4.78 is 11.9. The van der Waals surface area contributed by atoms with Gasteiger partial charge in [0.2, 0.25) is 0 Å². The molecule has 2 aliphatic rings. The lowest BCUT2D eigenvalue weighted by atomic mass is 9.86. The number of thioether (sulfide) groups is 1. The van der Waals surface area contributed by atoms with E-state index >= 15 is 0 Å². The van der Waals surface area contributed by atoms with Gasteiger partial charge < -0.3 is 19.9 Å². The Hall–Kier alpha value is -3.45. The van der Waals surface area contributed by atoms with Crippen molar-refractivity contribution in [3.05, 3.63) is 87.5 Å². The number of fused-ring (bicyclic) bond motifs is 4. The number of aliphatic carboxylic acids is 1. The van der Waals surface area contributed by atoms with Gasteiger partial charge in [-0.25, -0.2) is 9.59 Å². The Morgan fingerprint density at radius 1 is 1.02 bits per heavy atom. The number of hydrogen-bond acceptors (Lipinski definition) is 5. The van der Waals surface area contributed by atoms with Gasteiger partial charge in [0.15, 0.2) is 0 Å². The third kappa shape index (κ3) is 5.44. The van der Waals surface area contributed by atoms with Crippen molar-refractivity contribution in [2.75, 3.05) is 12.4 Å². The van der Waals surface area contributed by atoms with Gasteiger partial charge in [-0.3, -0.25) is 0 Å². The van der Waals surface area contributed by atoms with Crippen molar-refractivity contribution < 1.29 is 24.2 Å². The number of alkyl carbamates (subject to hydrolysis) is 1. The van der Waals surface area contributed by atoms with Crippen LogP contribution in [0, 0.1) is 20.8 Å². The second-order valence-electron chi connectivity index (χ2n) is 11.4. The predicted octanol–water partition coefficient (Wildman–Crippen LogP) is 6.94. The van der Waals surface area contributed by atoms with Crippen molar-refractivity contribution in [3.63, 3.8) is 0 Å². The molecule has 1 atom stereocenters. The predicted molar refractivity (Wildman–Crippen MR) is 159 cm³/mol. The molecule has 2 N–H and O–H groups in total. The number of amides is 1. The molecule has 3 aromatic carbocycles. The van der Waals surface area contributed by atoms with E-state index in [1.54, 1.807) is 0 Å². The highest BCUT2D eigenvalue weighted by Gasteiger charge is 2.32. The molecule has 1 aliphatic heterocycles. The van der Waals surface area contributed by atoms with E-state index in [9.17, 15) is 14.7 Å². The van der Waals surface area contributed by atoms with Gasteiger partial charge in [-0.1, -0.05) is 48.5 Å². The normalized spacial score (nSPS) is 15.8. The summed E-state index contributed by atoms with van der Waals surface area (Å²) in [6, 6.07) is 15.2. The maximum Gasteiger partial charge on any atom is 0.407 e. The molecule has 3 aromatic rings. The van der Waals surface area contributed by atoms with E-state index in [0.717, 1.165) is 46.4 Å². The molecule has 0 fully saturated rings. The topological polar surface area (TPSA) is 84.9 Å². The number of carboxylic acid groups (broad SMARTS) is 1. The number of hydrogen-bond donors (Lipinski definition) is 2. The summed E-state index contributed by atoms with van der Waals surface area (Å²) in [6.45, 7) is 10.7. The van der Waals surface area contributed by atoms with Gasteiger partial charge in [-0.2, -0.15) is 11.8 Å². The van der Waals surface area contributed by atoms with Gasteiger partial charge in [-0.15, -0.1) is 0 Å². The smallest absolute Gasteiger partial charge is 0.407 e. The Kier molecular flexibility index (Phi) is 7.87. The fourth-order valence-electron chi connectivity index (χ4n) is 5.90. The van der Waals surface area contributed by atoms with Crippen LogP contribution >= 0.6 is 11.8 Å². The molecule has 40 heavy (non-hydrogen) atoms. The van der Waals surface area contributed by atoms with Crippen molar-refractivity contribution in [3.8, 4) is 16.9 Å². The van der Waals surface area contributed by atoms with E-state index in [-0.39, 0.29) is 23.9 Å². The number of rotatable bonds is 8. The van der Waals surface area contributed by atoms with Crippen molar-refractivity contribution >= 4 is 23.8 Å². The molecule has 0 bridgehead atoms. The van der Waals surface area contributed by atoms with Crippen LogP contribution in [0.3, 0.4) is 0 Å². The Morgan fingerprint density at radius 2 is 1.65 bits per heavy atom. The molecule has 1 heterocycles. The number of carbonyl (C=O) groups excluding carboxylic acids is 1. The lowest BCUT2D eigenvalue weighted by Gasteiger charge is -2.36. The van der Waals surface area contributed by atoms with E-state index in [4.69, 9.17) is 9.47 Å². The molecule has 0 aromatic heterocycles. The van der Waals surface area contributed by atoms with Crippen molar-refractivity contribution in [1.82, 2.24) is 5.32 Å². The molecule has 6 nitrogen and oxygen atoms in total. The van der Waals surface area contributed by atoms with Crippen LogP contribution in [0.2, 0.25) is 0 Å². The zero-order valence-corrected chi connectivity index (χ0v) is 24.6. The van der Waals surface area contributed by atoms with E-state index in [0.29, 0.717) is 5.75 Å². The van der Waals surface area contributed by atoms with Crippen LogP contribution in [0.15, 0.2) is 48.5 Å². The Balaban J connectivity index is 1.21. The van der Waals surface area contributed by atoms with Crippen molar-refractivity contribution in [2.45, 2.75) is 70.8 Å². The lowest BCUT2D eigenvalue weighted by Crippen LogP contribution is -2.43. The van der Waals surface area contributed by atoms with E-state index < -0.39 is 18.1 Å². The van der Waals surface area contributed by atoms with Crippen LogP contribution in [0.25, 0.3) is 11.1 Å². The Labute approximate surface area is 240 Å². The molecule has 1 amide bonds. The first kappa shape index (κ1) is 28.1. The van der Waals surface area contributed by atoms with Crippen LogP contribution in [0.4, 0.5) is 4.79 Å². The number of nitrogens with one attached hydrogen (secondary N) is 1. The number of carbonyl (C=O) groups is 2. The monoisotopic (exact) mass is 559 g/mol. The summed E-state index contributed by atoms with van der Waals surface area (Å²) in [6.07, 6.45) is 1.21. The molecule has 210 valence electrons. The largest absolute Gasteiger partial charge is 0.487 e. The average molecular weight is 560 g/mol. The quantitative estimate of drug-likeness (QED) is 0.311. The molecule has 1 aliphatic carbocycles. The molecule has 0 radical (unpaired) electrons. The maximum atomic E-state index is 12.7. The minimum Gasteiger partial charge on any atom is -0.487 e. The summed E-state index contributed by atoms with van der Waals surface area (Å²) in [7, 11) is 0. The first-order chi connectivity index (χ1) is 19.1. The first-order valence-corrected chi connectivity index (χ1v) is 15.0. The summed E-state index contributed by atoms with van der Waals surface area (Å²) in [5.74, 6) is 0.735. The van der Waals surface area contributed by atoms with Gasteiger partial charge in [0, 0.05) is 17.4 Å². The van der Waals surface area contributed by atoms with E-state index in [1.807, 2.05) is 24.3 Å². The SMILES string of the molecule is Cc1c(C)c2c(c(C)c1CSC[C@H](NC(=O)OCC1c3ccccc3-c3ccccc31)C(=O)O)CCC(C)(C)O2. The van der Waals surface area contributed by atoms with Crippen LogP contribution < -0.4 is 10.1 Å². The van der Waals surface area contributed by atoms with Gasteiger partial charge in [0.1, 0.15) is 24.0 Å². The molecule has 0 saturated heterocycles. The standard InChI is InChI=1S/C33H37NO5S/c1-19-20(2)30-22(14-15-33(4,5)39-30)21(3)28(19)17-40-18-29(31(35)36)34-32(37)38-16-27-25-12-8-6-10-23(25)24-11-7-9-13-26(24)27/h6-13,27,29H,14-18H2,1-5H3,(H,34,37)(H,35,36)/t29-/m0/s1. The average Bonchev–Trinajstić information content (AvgIpc) is 3.25. The molecule has 0 saturated carbocycles. The van der Waals surface area contributed by atoms with Gasteiger partial charge in [-0.05, 0) is 97.5 Å². The highest BCUT2D eigenvalue weighted by molar-refractivity contribution is 7.98. The molecular formula is C33H37NO5S. The molecular weight excluding hydrogens is 522 g/mol. The third-order valence-electron chi connectivity index (χ3n) is 8.36. The summed E-state index contributed by atoms with van der Waals surface area (Å²) >= 11 is 1.51. The minimum absolute atomic E-state index is 0.0800. The lowest BCUT2D eigenvalue weighted by molar-refractivity contribution is -0.138. The van der Waals surface area contributed by atoms with Gasteiger partial charge in [0.05, 0.1) is 0 Å². The second kappa shape index (κ2) is 11.2. The zero-order valence-electron chi connectivity index (χ0n) is 23.8. The number of ether oxygens (including phenoxy) is 2. The molecule has 5 rings (SSSR count). The minimum atomic E-state index is -1.08. The highest BCUT2D eigenvalue weighted by atomic mass is 32.2. The summed E-state index contributed by atoms with van der Waals surface area (Å²) in [5, 5.41) is 12.4. The zero-order chi connectivity index (χ0) is 28.6. The van der Waals surface area contributed by atoms with Gasteiger partial charge >= 0.3 is 12.1 Å². The molecule has 0 unspecified atom stereocenters. The van der Waals surface area contributed by atoms with E-state index in [2.05, 4.69) is 64.2 Å². The summed E-state index contributed by atoms with van der Waals surface area (Å²) in [5.41, 5.74) is 10.4. The Bertz CT molecular complexity index is 1420. The van der Waals surface area contributed by atoms with Crippen LogP contribution in [0.1, 0.15) is 65.1 Å². The fourth-order valence-corrected chi connectivity index (χ4v) is 7.12. The second-order valence-corrected chi connectivity index (χ2v) is 12.4. The fraction of sp³-hybridized carbons (Fsp3) is 0.394.